The number of H-pyrrole nitrogens is 1. The second-order valence-electron chi connectivity index (χ2n) is 6.05. The lowest BCUT2D eigenvalue weighted by atomic mass is 10.0. The third kappa shape index (κ3) is 3.83. The van der Waals surface area contributed by atoms with Crippen molar-refractivity contribution in [2.24, 2.45) is 0 Å². The normalized spacial score (nSPS) is 11.4. The van der Waals surface area contributed by atoms with Crippen LogP contribution in [0.25, 0.3) is 22.5 Å². The highest BCUT2D eigenvalue weighted by Gasteiger charge is 2.20. The fraction of sp³-hybridized carbons (Fsp3) is 0. The molecule has 4 rings (SSSR count). The van der Waals surface area contributed by atoms with Crippen LogP contribution < -0.4 is 4.72 Å². The molecule has 3 aromatic carbocycles. The first-order valence-electron chi connectivity index (χ1n) is 8.35. The first kappa shape index (κ1) is 18.7. The number of rotatable bonds is 5. The van der Waals surface area contributed by atoms with E-state index in [1.807, 2.05) is 0 Å². The summed E-state index contributed by atoms with van der Waals surface area (Å²) in [5.41, 5.74) is 0.608. The maximum atomic E-state index is 14.3. The van der Waals surface area contributed by atoms with Crippen molar-refractivity contribution in [3.05, 3.63) is 78.4 Å². The minimum Gasteiger partial charge on any atom is -0.277 e. The van der Waals surface area contributed by atoms with Gasteiger partial charge in [0.05, 0.1) is 10.6 Å². The van der Waals surface area contributed by atoms with E-state index in [1.54, 1.807) is 36.4 Å². The Morgan fingerprint density at radius 2 is 1.62 bits per heavy atom. The molecule has 0 atom stereocenters. The van der Waals surface area contributed by atoms with Crippen LogP contribution >= 0.6 is 0 Å². The SMILES string of the molecule is O=S(=O)(Nc1cc(-c2ccccc2)c(F)cc1F)c1cccc(-c2nn[nH]n2)c1. The van der Waals surface area contributed by atoms with Gasteiger partial charge in [0.2, 0.25) is 5.82 Å². The summed E-state index contributed by atoms with van der Waals surface area (Å²) in [6, 6.07) is 16.0. The van der Waals surface area contributed by atoms with Crippen LogP contribution in [0.3, 0.4) is 0 Å². The van der Waals surface area contributed by atoms with Crippen molar-refractivity contribution in [1.82, 2.24) is 20.6 Å². The van der Waals surface area contributed by atoms with Gasteiger partial charge in [-0.2, -0.15) is 5.21 Å². The molecule has 0 aliphatic carbocycles. The number of halogens is 2. The number of nitrogens with zero attached hydrogens (tertiary/aromatic N) is 3. The van der Waals surface area contributed by atoms with Gasteiger partial charge in [0.1, 0.15) is 11.6 Å². The highest BCUT2D eigenvalue weighted by Crippen LogP contribution is 2.30. The van der Waals surface area contributed by atoms with Crippen molar-refractivity contribution in [3.8, 4) is 22.5 Å². The lowest BCUT2D eigenvalue weighted by Gasteiger charge is -2.12. The zero-order valence-corrected chi connectivity index (χ0v) is 15.5. The van der Waals surface area contributed by atoms with Crippen molar-refractivity contribution in [2.45, 2.75) is 4.90 Å². The summed E-state index contributed by atoms with van der Waals surface area (Å²) < 4.78 is 56.3. The lowest BCUT2D eigenvalue weighted by molar-refractivity contribution is 0.584. The molecule has 0 aliphatic heterocycles. The van der Waals surface area contributed by atoms with E-state index in [-0.39, 0.29) is 22.0 Å². The van der Waals surface area contributed by atoms with Crippen LogP contribution in [0.2, 0.25) is 0 Å². The van der Waals surface area contributed by atoms with Gasteiger partial charge in [0.15, 0.2) is 0 Å². The molecule has 0 amide bonds. The fourth-order valence-electron chi connectivity index (χ4n) is 2.76. The Balaban J connectivity index is 1.71. The van der Waals surface area contributed by atoms with E-state index in [1.165, 1.54) is 18.2 Å². The summed E-state index contributed by atoms with van der Waals surface area (Å²) in [5, 5.41) is 13.3. The van der Waals surface area contributed by atoms with Crippen LogP contribution in [-0.4, -0.2) is 29.0 Å². The monoisotopic (exact) mass is 413 g/mol. The highest BCUT2D eigenvalue weighted by atomic mass is 32.2. The van der Waals surface area contributed by atoms with Crippen molar-refractivity contribution >= 4 is 15.7 Å². The molecule has 1 heterocycles. The van der Waals surface area contributed by atoms with E-state index < -0.39 is 21.7 Å². The van der Waals surface area contributed by atoms with Crippen molar-refractivity contribution in [2.75, 3.05) is 4.72 Å². The summed E-state index contributed by atoms with van der Waals surface area (Å²) in [5.74, 6) is -1.61. The molecular formula is C19H13F2N5O2S. The Labute approximate surface area is 164 Å². The van der Waals surface area contributed by atoms with Crippen LogP contribution in [0.4, 0.5) is 14.5 Å². The Kier molecular flexibility index (Phi) is 4.77. The van der Waals surface area contributed by atoms with Gasteiger partial charge in [-0.05, 0) is 29.0 Å². The third-order valence-corrected chi connectivity index (χ3v) is 5.50. The molecular weight excluding hydrogens is 400 g/mol. The van der Waals surface area contributed by atoms with Gasteiger partial charge in [-0.3, -0.25) is 4.72 Å². The molecule has 0 unspecified atom stereocenters. The van der Waals surface area contributed by atoms with Crippen LogP contribution in [0.15, 0.2) is 71.6 Å². The van der Waals surface area contributed by atoms with Crippen molar-refractivity contribution in [3.63, 3.8) is 0 Å². The molecule has 7 nitrogen and oxygen atoms in total. The Morgan fingerprint density at radius 1 is 0.862 bits per heavy atom. The second-order valence-corrected chi connectivity index (χ2v) is 7.73. The molecule has 0 saturated heterocycles. The van der Waals surface area contributed by atoms with Crippen LogP contribution in [0, 0.1) is 11.6 Å². The Hall–Kier alpha value is -3.66. The fourth-order valence-corrected chi connectivity index (χ4v) is 3.86. The van der Waals surface area contributed by atoms with E-state index in [0.29, 0.717) is 17.2 Å². The first-order valence-corrected chi connectivity index (χ1v) is 9.83. The number of anilines is 1. The Bertz CT molecular complexity index is 1260. The minimum absolute atomic E-state index is 0.0743. The molecule has 2 N–H and O–H groups in total. The smallest absolute Gasteiger partial charge is 0.262 e. The van der Waals surface area contributed by atoms with Gasteiger partial charge in [-0.25, -0.2) is 17.2 Å². The van der Waals surface area contributed by atoms with E-state index in [0.717, 1.165) is 6.07 Å². The van der Waals surface area contributed by atoms with Gasteiger partial charge < -0.3 is 0 Å². The van der Waals surface area contributed by atoms with Gasteiger partial charge in [0.25, 0.3) is 10.0 Å². The average Bonchev–Trinajstić information content (AvgIpc) is 3.26. The Morgan fingerprint density at radius 3 is 2.34 bits per heavy atom. The quantitative estimate of drug-likeness (QED) is 0.521. The second kappa shape index (κ2) is 7.40. The summed E-state index contributed by atoms with van der Waals surface area (Å²) in [4.78, 5) is -0.134. The summed E-state index contributed by atoms with van der Waals surface area (Å²) >= 11 is 0. The zero-order valence-electron chi connectivity index (χ0n) is 14.7. The summed E-state index contributed by atoms with van der Waals surface area (Å²) in [6.45, 7) is 0. The van der Waals surface area contributed by atoms with E-state index >= 15 is 0 Å². The molecule has 10 heteroatoms. The summed E-state index contributed by atoms with van der Waals surface area (Å²) in [7, 11) is -4.16. The van der Waals surface area contributed by atoms with Gasteiger partial charge in [-0.1, -0.05) is 42.5 Å². The molecule has 0 radical (unpaired) electrons. The van der Waals surface area contributed by atoms with Gasteiger partial charge in [-0.15, -0.1) is 10.2 Å². The predicted octanol–water partition coefficient (Wildman–Crippen LogP) is 3.61. The third-order valence-electron chi connectivity index (χ3n) is 4.13. The predicted molar refractivity (Wildman–Crippen MR) is 102 cm³/mol. The highest BCUT2D eigenvalue weighted by molar-refractivity contribution is 7.92. The molecule has 4 aromatic rings. The zero-order chi connectivity index (χ0) is 20.4. The molecule has 1 aromatic heterocycles. The number of hydrogen-bond donors (Lipinski definition) is 2. The van der Waals surface area contributed by atoms with Gasteiger partial charge >= 0.3 is 0 Å². The maximum Gasteiger partial charge on any atom is 0.262 e. The summed E-state index contributed by atoms with van der Waals surface area (Å²) in [6.07, 6.45) is 0. The number of aromatic amines is 1. The minimum atomic E-state index is -4.16. The lowest BCUT2D eigenvalue weighted by Crippen LogP contribution is -2.14. The van der Waals surface area contributed by atoms with Gasteiger partial charge in [0, 0.05) is 17.2 Å². The van der Waals surface area contributed by atoms with Crippen molar-refractivity contribution in [1.29, 1.82) is 0 Å². The van der Waals surface area contributed by atoms with E-state index in [4.69, 9.17) is 0 Å². The molecule has 29 heavy (non-hydrogen) atoms. The molecule has 0 bridgehead atoms. The molecule has 0 fully saturated rings. The largest absolute Gasteiger partial charge is 0.277 e. The van der Waals surface area contributed by atoms with Crippen LogP contribution in [0.5, 0.6) is 0 Å². The van der Waals surface area contributed by atoms with Crippen LogP contribution in [0.1, 0.15) is 0 Å². The number of sulfonamides is 1. The molecule has 0 spiro atoms. The van der Waals surface area contributed by atoms with E-state index in [2.05, 4.69) is 25.3 Å². The number of tetrazole rings is 1. The maximum absolute atomic E-state index is 14.3. The topological polar surface area (TPSA) is 101 Å². The van der Waals surface area contributed by atoms with Crippen molar-refractivity contribution < 1.29 is 17.2 Å². The number of hydrogen-bond acceptors (Lipinski definition) is 5. The number of nitrogens with one attached hydrogen (secondary N) is 2. The molecule has 146 valence electrons. The van der Waals surface area contributed by atoms with Crippen LogP contribution in [-0.2, 0) is 10.0 Å². The number of aromatic nitrogens is 4. The number of benzene rings is 3. The van der Waals surface area contributed by atoms with E-state index in [9.17, 15) is 17.2 Å². The first-order chi connectivity index (χ1) is 13.9. The molecule has 0 aliphatic rings. The average molecular weight is 413 g/mol. The molecule has 0 saturated carbocycles. The standard InChI is InChI=1S/C19H13F2N5O2S/c20-16-11-17(21)18(10-15(16)12-5-2-1-3-6-12)24-29(27,28)14-8-4-7-13(9-14)19-22-25-26-23-19/h1-11,24H,(H,22,23,25,26).